The average Bonchev–Trinajstić information content (AvgIpc) is 2.72. The second kappa shape index (κ2) is 5.77. The predicted octanol–water partition coefficient (Wildman–Crippen LogP) is 5.07. The molecule has 1 aliphatic heterocycles. The van der Waals surface area contributed by atoms with Gasteiger partial charge >= 0.3 is 0 Å². The van der Waals surface area contributed by atoms with E-state index >= 15 is 0 Å². The van der Waals surface area contributed by atoms with Crippen molar-refractivity contribution in [1.82, 2.24) is 0 Å². The first kappa shape index (κ1) is 12.8. The third-order valence-electron chi connectivity index (χ3n) is 3.88. The Morgan fingerprint density at radius 1 is 1.41 bits per heavy atom. The van der Waals surface area contributed by atoms with E-state index in [1.165, 1.54) is 36.9 Å². The maximum atomic E-state index is 6.09. The van der Waals surface area contributed by atoms with Gasteiger partial charge in [-0.1, -0.05) is 51.1 Å². The fraction of sp³-hybridized carbons (Fsp3) is 0.600. The molecule has 2 unspecified atom stereocenters. The smallest absolute Gasteiger partial charge is 0.0410 e. The Morgan fingerprint density at radius 2 is 2.24 bits per heavy atom. The number of rotatable bonds is 5. The van der Waals surface area contributed by atoms with Crippen LogP contribution in [0.25, 0.3) is 0 Å². The average molecular weight is 252 g/mol. The molecule has 2 heteroatoms. The summed E-state index contributed by atoms with van der Waals surface area (Å²) >= 11 is 6.09. The van der Waals surface area contributed by atoms with E-state index in [0.717, 1.165) is 17.5 Å². The molecule has 1 aliphatic rings. The second-order valence-corrected chi connectivity index (χ2v) is 5.63. The van der Waals surface area contributed by atoms with Crippen molar-refractivity contribution in [2.75, 3.05) is 11.9 Å². The summed E-state index contributed by atoms with van der Waals surface area (Å²) in [6, 6.07) is 6.21. The molecule has 0 radical (unpaired) electrons. The van der Waals surface area contributed by atoms with Gasteiger partial charge in [0, 0.05) is 23.2 Å². The molecule has 94 valence electrons. The summed E-state index contributed by atoms with van der Waals surface area (Å²) in [5, 5.41) is 4.35. The molecule has 1 aromatic carbocycles. The molecule has 17 heavy (non-hydrogen) atoms. The zero-order chi connectivity index (χ0) is 12.3. The fourth-order valence-corrected chi connectivity index (χ4v) is 2.94. The number of halogens is 1. The first-order valence-corrected chi connectivity index (χ1v) is 7.13. The van der Waals surface area contributed by atoms with Gasteiger partial charge in [0.1, 0.15) is 0 Å². The van der Waals surface area contributed by atoms with Crippen molar-refractivity contribution in [2.45, 2.75) is 45.4 Å². The van der Waals surface area contributed by atoms with Crippen molar-refractivity contribution >= 4 is 17.3 Å². The molecule has 0 aliphatic carbocycles. The lowest BCUT2D eigenvalue weighted by molar-refractivity contribution is 0.430. The van der Waals surface area contributed by atoms with Crippen LogP contribution < -0.4 is 5.32 Å². The molecule has 1 aromatic rings. The number of benzene rings is 1. The van der Waals surface area contributed by atoms with Crippen LogP contribution in [0.5, 0.6) is 0 Å². The van der Waals surface area contributed by atoms with Gasteiger partial charge in [0.15, 0.2) is 0 Å². The molecular weight excluding hydrogens is 230 g/mol. The molecule has 0 aromatic heterocycles. The Kier molecular flexibility index (Phi) is 4.33. The number of hydrogen-bond acceptors (Lipinski definition) is 1. The highest BCUT2D eigenvalue weighted by Gasteiger charge is 2.26. The molecule has 2 atom stereocenters. The van der Waals surface area contributed by atoms with Crippen molar-refractivity contribution in [1.29, 1.82) is 0 Å². The standard InChI is InChI=1S/C15H22ClN/c1-3-4-5-6-11(2)14-10-17-15-8-7-12(16)9-13(14)15/h7-9,11,14,17H,3-6,10H2,1-2H3. The molecule has 1 N–H and O–H groups in total. The lowest BCUT2D eigenvalue weighted by Gasteiger charge is -2.19. The minimum Gasteiger partial charge on any atom is -0.384 e. The maximum Gasteiger partial charge on any atom is 0.0410 e. The summed E-state index contributed by atoms with van der Waals surface area (Å²) in [6.07, 6.45) is 5.33. The maximum absolute atomic E-state index is 6.09. The van der Waals surface area contributed by atoms with Crippen LogP contribution in [-0.4, -0.2) is 6.54 Å². The van der Waals surface area contributed by atoms with E-state index in [9.17, 15) is 0 Å². The lowest BCUT2D eigenvalue weighted by atomic mass is 9.85. The summed E-state index contributed by atoms with van der Waals surface area (Å²) in [4.78, 5) is 0. The van der Waals surface area contributed by atoms with Gasteiger partial charge in [-0.05, 0) is 29.7 Å². The van der Waals surface area contributed by atoms with Gasteiger partial charge in [0.25, 0.3) is 0 Å². The molecule has 0 saturated heterocycles. The van der Waals surface area contributed by atoms with Crippen LogP contribution in [0.2, 0.25) is 5.02 Å². The van der Waals surface area contributed by atoms with E-state index in [1.807, 2.05) is 6.07 Å². The summed E-state index contributed by atoms with van der Waals surface area (Å²) in [6.45, 7) is 5.71. The summed E-state index contributed by atoms with van der Waals surface area (Å²) in [5.41, 5.74) is 2.70. The first-order chi connectivity index (χ1) is 8.22. The highest BCUT2D eigenvalue weighted by Crippen LogP contribution is 2.39. The number of unbranched alkanes of at least 4 members (excludes halogenated alkanes) is 2. The van der Waals surface area contributed by atoms with Crippen molar-refractivity contribution in [3.8, 4) is 0 Å². The normalized spacial score (nSPS) is 19.8. The second-order valence-electron chi connectivity index (χ2n) is 5.19. The highest BCUT2D eigenvalue weighted by molar-refractivity contribution is 6.30. The van der Waals surface area contributed by atoms with Gasteiger partial charge in [-0.25, -0.2) is 0 Å². The van der Waals surface area contributed by atoms with Crippen molar-refractivity contribution in [3.05, 3.63) is 28.8 Å². The van der Waals surface area contributed by atoms with Crippen molar-refractivity contribution in [3.63, 3.8) is 0 Å². The van der Waals surface area contributed by atoms with Crippen molar-refractivity contribution < 1.29 is 0 Å². The molecule has 0 saturated carbocycles. The number of anilines is 1. The molecular formula is C15H22ClN. The summed E-state index contributed by atoms with van der Waals surface area (Å²) in [7, 11) is 0. The van der Waals surface area contributed by atoms with Crippen LogP contribution in [0.3, 0.4) is 0 Å². The van der Waals surface area contributed by atoms with Gasteiger partial charge in [-0.15, -0.1) is 0 Å². The molecule has 0 amide bonds. The van der Waals surface area contributed by atoms with Gasteiger partial charge < -0.3 is 5.32 Å². The van der Waals surface area contributed by atoms with Crippen molar-refractivity contribution in [2.24, 2.45) is 5.92 Å². The minimum absolute atomic E-state index is 0.639. The zero-order valence-electron chi connectivity index (χ0n) is 10.8. The lowest BCUT2D eigenvalue weighted by Crippen LogP contribution is -2.12. The monoisotopic (exact) mass is 251 g/mol. The Hall–Kier alpha value is -0.690. The third-order valence-corrected chi connectivity index (χ3v) is 4.11. The van der Waals surface area contributed by atoms with Gasteiger partial charge in [-0.2, -0.15) is 0 Å². The number of hydrogen-bond donors (Lipinski definition) is 1. The summed E-state index contributed by atoms with van der Waals surface area (Å²) in [5.74, 6) is 1.38. The Bertz CT molecular complexity index is 375. The summed E-state index contributed by atoms with van der Waals surface area (Å²) < 4.78 is 0. The largest absolute Gasteiger partial charge is 0.384 e. The van der Waals surface area contributed by atoms with Crippen LogP contribution in [0, 0.1) is 5.92 Å². The fourth-order valence-electron chi connectivity index (χ4n) is 2.76. The van der Waals surface area contributed by atoms with E-state index < -0.39 is 0 Å². The van der Waals surface area contributed by atoms with Crippen LogP contribution in [0.15, 0.2) is 18.2 Å². The molecule has 0 bridgehead atoms. The van der Waals surface area contributed by atoms with E-state index in [4.69, 9.17) is 11.6 Å². The SMILES string of the molecule is CCCCCC(C)C1CNc2ccc(Cl)cc21. The quantitative estimate of drug-likeness (QED) is 0.721. The van der Waals surface area contributed by atoms with Gasteiger partial charge in [-0.3, -0.25) is 0 Å². The van der Waals surface area contributed by atoms with E-state index in [2.05, 4.69) is 31.3 Å². The Balaban J connectivity index is 2.02. The molecule has 0 spiro atoms. The van der Waals surface area contributed by atoms with Crippen LogP contribution in [-0.2, 0) is 0 Å². The molecule has 1 nitrogen and oxygen atoms in total. The van der Waals surface area contributed by atoms with Gasteiger partial charge in [0.2, 0.25) is 0 Å². The number of fused-ring (bicyclic) bond motifs is 1. The Morgan fingerprint density at radius 3 is 3.00 bits per heavy atom. The van der Waals surface area contributed by atoms with Crippen LogP contribution >= 0.6 is 11.6 Å². The van der Waals surface area contributed by atoms with E-state index in [-0.39, 0.29) is 0 Å². The molecule has 1 heterocycles. The van der Waals surface area contributed by atoms with Gasteiger partial charge in [0.05, 0.1) is 0 Å². The Labute approximate surface area is 110 Å². The highest BCUT2D eigenvalue weighted by atomic mass is 35.5. The number of nitrogens with one attached hydrogen (secondary N) is 1. The van der Waals surface area contributed by atoms with E-state index in [0.29, 0.717) is 5.92 Å². The predicted molar refractivity (Wildman–Crippen MR) is 76.0 cm³/mol. The topological polar surface area (TPSA) is 12.0 Å². The zero-order valence-corrected chi connectivity index (χ0v) is 11.6. The molecule has 2 rings (SSSR count). The molecule has 0 fully saturated rings. The first-order valence-electron chi connectivity index (χ1n) is 6.75. The van der Waals surface area contributed by atoms with Crippen LogP contribution in [0.4, 0.5) is 5.69 Å². The van der Waals surface area contributed by atoms with Crippen LogP contribution in [0.1, 0.15) is 51.0 Å². The van der Waals surface area contributed by atoms with E-state index in [1.54, 1.807) is 0 Å². The third kappa shape index (κ3) is 2.95. The minimum atomic E-state index is 0.639.